The number of carbonyl (C=O) groups excluding carboxylic acids is 1. The van der Waals surface area contributed by atoms with Crippen molar-refractivity contribution >= 4 is 12.0 Å². The number of carboxylic acids is 1. The van der Waals surface area contributed by atoms with Crippen LogP contribution in [0.15, 0.2) is 24.3 Å². The number of amides is 2. The number of hydrogen-bond donors (Lipinski definition) is 3. The highest BCUT2D eigenvalue weighted by Gasteiger charge is 2.20. The highest BCUT2D eigenvalue weighted by Crippen LogP contribution is 2.15. The fourth-order valence-electron chi connectivity index (χ4n) is 2.25. The number of urea groups is 1. The third kappa shape index (κ3) is 3.48. The highest BCUT2D eigenvalue weighted by atomic mass is 16.4. The molecule has 2 rings (SSSR count). The molecule has 0 aromatic heterocycles. The second-order valence-electron chi connectivity index (χ2n) is 4.80. The molecule has 1 aliphatic rings. The van der Waals surface area contributed by atoms with Gasteiger partial charge in [-0.25, -0.2) is 9.59 Å². The fraction of sp³-hybridized carbons (Fsp3) is 0.429. The number of nitrogens with zero attached hydrogens (tertiary/aromatic N) is 1. The van der Waals surface area contributed by atoms with Crippen molar-refractivity contribution in [1.82, 2.24) is 10.2 Å². The van der Waals surface area contributed by atoms with E-state index in [0.29, 0.717) is 13.1 Å². The van der Waals surface area contributed by atoms with Crippen molar-refractivity contribution in [3.63, 3.8) is 0 Å². The number of aliphatic hydroxyl groups excluding tert-OH is 1. The third-order valence-corrected chi connectivity index (χ3v) is 3.44. The molecule has 2 amide bonds. The second-order valence-corrected chi connectivity index (χ2v) is 4.80. The van der Waals surface area contributed by atoms with Crippen LogP contribution >= 0.6 is 0 Å². The lowest BCUT2D eigenvalue weighted by molar-refractivity contribution is -0.146. The van der Waals surface area contributed by atoms with Gasteiger partial charge in [0.25, 0.3) is 0 Å². The van der Waals surface area contributed by atoms with Gasteiger partial charge in [-0.05, 0) is 24.0 Å². The molecular formula is C14H18N2O4. The van der Waals surface area contributed by atoms with E-state index in [-0.39, 0.29) is 12.6 Å². The second kappa shape index (κ2) is 6.38. The zero-order chi connectivity index (χ0) is 14.5. The topological polar surface area (TPSA) is 89.9 Å². The predicted octanol–water partition coefficient (Wildman–Crippen LogP) is 0.242. The van der Waals surface area contributed by atoms with Gasteiger partial charge in [-0.1, -0.05) is 24.3 Å². The molecule has 0 aliphatic carbocycles. The first-order valence-corrected chi connectivity index (χ1v) is 6.58. The van der Waals surface area contributed by atoms with Crippen molar-refractivity contribution in [3.8, 4) is 0 Å². The third-order valence-electron chi connectivity index (χ3n) is 3.44. The Morgan fingerprint density at radius 2 is 1.75 bits per heavy atom. The minimum Gasteiger partial charge on any atom is -0.479 e. The Balaban J connectivity index is 1.89. The molecule has 0 bridgehead atoms. The van der Waals surface area contributed by atoms with E-state index in [1.165, 1.54) is 11.1 Å². The lowest BCUT2D eigenvalue weighted by Gasteiger charge is -2.21. The number of carbonyl (C=O) groups is 2. The molecule has 108 valence electrons. The van der Waals surface area contributed by atoms with Crippen LogP contribution in [0.1, 0.15) is 11.1 Å². The summed E-state index contributed by atoms with van der Waals surface area (Å²) in [6.45, 7) is 0.898. The maximum absolute atomic E-state index is 11.9. The highest BCUT2D eigenvalue weighted by molar-refractivity contribution is 5.76. The van der Waals surface area contributed by atoms with Crippen molar-refractivity contribution in [2.45, 2.75) is 18.9 Å². The lowest BCUT2D eigenvalue weighted by Crippen LogP contribution is -2.45. The zero-order valence-corrected chi connectivity index (χ0v) is 11.1. The molecule has 0 spiro atoms. The Hall–Kier alpha value is -2.08. The monoisotopic (exact) mass is 278 g/mol. The summed E-state index contributed by atoms with van der Waals surface area (Å²) < 4.78 is 0. The van der Waals surface area contributed by atoms with Crippen molar-refractivity contribution in [2.75, 3.05) is 19.6 Å². The maximum atomic E-state index is 11.9. The predicted molar refractivity (Wildman–Crippen MR) is 72.5 cm³/mol. The van der Waals surface area contributed by atoms with Crippen LogP contribution in [0.5, 0.6) is 0 Å². The maximum Gasteiger partial charge on any atom is 0.334 e. The van der Waals surface area contributed by atoms with Crippen molar-refractivity contribution in [3.05, 3.63) is 35.4 Å². The van der Waals surface area contributed by atoms with Crippen LogP contribution in [0.3, 0.4) is 0 Å². The molecule has 0 saturated heterocycles. The summed E-state index contributed by atoms with van der Waals surface area (Å²) in [7, 11) is 0. The van der Waals surface area contributed by atoms with Crippen LogP contribution in [0.4, 0.5) is 4.79 Å². The van der Waals surface area contributed by atoms with Crippen LogP contribution in [0.25, 0.3) is 0 Å². The Kier molecular flexibility index (Phi) is 4.57. The molecule has 1 aromatic rings. The molecule has 0 radical (unpaired) electrons. The summed E-state index contributed by atoms with van der Waals surface area (Å²) in [5.41, 5.74) is 2.49. The summed E-state index contributed by atoms with van der Waals surface area (Å²) in [6, 6.07) is 7.75. The summed E-state index contributed by atoms with van der Waals surface area (Å²) >= 11 is 0. The molecule has 1 aliphatic heterocycles. The van der Waals surface area contributed by atoms with Crippen LogP contribution in [-0.4, -0.2) is 52.9 Å². The molecule has 0 saturated carbocycles. The van der Waals surface area contributed by atoms with Gasteiger partial charge < -0.3 is 20.4 Å². The van der Waals surface area contributed by atoms with Crippen molar-refractivity contribution < 1.29 is 19.8 Å². The molecule has 6 nitrogen and oxygen atoms in total. The average Bonchev–Trinajstić information content (AvgIpc) is 2.66. The van der Waals surface area contributed by atoms with E-state index in [2.05, 4.69) is 17.4 Å². The van der Waals surface area contributed by atoms with Gasteiger partial charge in [-0.3, -0.25) is 0 Å². The molecule has 20 heavy (non-hydrogen) atoms. The number of hydrogen-bond acceptors (Lipinski definition) is 3. The van der Waals surface area contributed by atoms with Gasteiger partial charge in [0.2, 0.25) is 0 Å². The summed E-state index contributed by atoms with van der Waals surface area (Å²) in [6.07, 6.45) is -0.000921. The van der Waals surface area contributed by atoms with Crippen molar-refractivity contribution in [2.24, 2.45) is 0 Å². The number of rotatable bonds is 3. The zero-order valence-electron chi connectivity index (χ0n) is 11.1. The molecule has 3 N–H and O–H groups in total. The molecular weight excluding hydrogens is 260 g/mol. The van der Waals surface area contributed by atoms with E-state index in [4.69, 9.17) is 10.2 Å². The smallest absolute Gasteiger partial charge is 0.334 e. The average molecular weight is 278 g/mol. The first-order valence-electron chi connectivity index (χ1n) is 6.58. The lowest BCUT2D eigenvalue weighted by atomic mass is 10.0. The number of nitrogens with one attached hydrogen (secondary N) is 1. The number of aliphatic carboxylic acids is 1. The van der Waals surface area contributed by atoms with Crippen LogP contribution < -0.4 is 5.32 Å². The Morgan fingerprint density at radius 1 is 1.20 bits per heavy atom. The first-order chi connectivity index (χ1) is 9.58. The molecule has 0 unspecified atom stereocenters. The van der Waals surface area contributed by atoms with Crippen LogP contribution in [0, 0.1) is 0 Å². The van der Waals surface area contributed by atoms with Gasteiger partial charge in [0, 0.05) is 13.1 Å². The Bertz CT molecular complexity index is 477. The minimum absolute atomic E-state index is 0.280. The van der Waals surface area contributed by atoms with Gasteiger partial charge >= 0.3 is 12.0 Å². The number of benzene rings is 1. The van der Waals surface area contributed by atoms with E-state index in [9.17, 15) is 9.59 Å². The fourth-order valence-corrected chi connectivity index (χ4v) is 2.25. The van der Waals surface area contributed by atoms with E-state index < -0.39 is 12.1 Å². The Morgan fingerprint density at radius 3 is 2.25 bits per heavy atom. The standard InChI is InChI=1S/C14H18N2O4/c17-12(13(18)19)9-15-14(20)16-7-5-10-3-1-2-4-11(10)6-8-16/h1-4,12,17H,5-9H2,(H,15,20)(H,18,19)/t12-/m0/s1. The summed E-state index contributed by atoms with van der Waals surface area (Å²) in [5.74, 6) is -1.34. The normalized spacial score (nSPS) is 15.9. The van der Waals surface area contributed by atoms with Gasteiger partial charge in [0.05, 0.1) is 6.54 Å². The van der Waals surface area contributed by atoms with E-state index in [1.54, 1.807) is 4.90 Å². The first kappa shape index (κ1) is 14.3. The van der Waals surface area contributed by atoms with Crippen molar-refractivity contribution in [1.29, 1.82) is 0 Å². The number of fused-ring (bicyclic) bond motifs is 1. The molecule has 1 heterocycles. The van der Waals surface area contributed by atoms with E-state index in [1.807, 2.05) is 12.1 Å². The van der Waals surface area contributed by atoms with Crippen LogP contribution in [0.2, 0.25) is 0 Å². The minimum atomic E-state index is -1.57. The number of aliphatic hydroxyl groups is 1. The van der Waals surface area contributed by atoms with Gasteiger partial charge in [0.15, 0.2) is 6.10 Å². The van der Waals surface area contributed by atoms with Gasteiger partial charge in [-0.2, -0.15) is 0 Å². The SMILES string of the molecule is O=C(O)[C@@H](O)CNC(=O)N1CCc2ccccc2CC1. The van der Waals surface area contributed by atoms with E-state index >= 15 is 0 Å². The largest absolute Gasteiger partial charge is 0.479 e. The Labute approximate surface area is 117 Å². The van der Waals surface area contributed by atoms with E-state index in [0.717, 1.165) is 12.8 Å². The molecule has 6 heteroatoms. The molecule has 1 atom stereocenters. The van der Waals surface area contributed by atoms with Gasteiger partial charge in [-0.15, -0.1) is 0 Å². The quantitative estimate of drug-likeness (QED) is 0.739. The number of carboxylic acid groups (broad SMARTS) is 1. The summed E-state index contributed by atoms with van der Waals surface area (Å²) in [5, 5.41) is 20.1. The van der Waals surface area contributed by atoms with Gasteiger partial charge in [0.1, 0.15) is 0 Å². The molecule has 0 fully saturated rings. The molecule has 1 aromatic carbocycles. The van der Waals surface area contributed by atoms with Crippen LogP contribution in [-0.2, 0) is 17.6 Å². The summed E-state index contributed by atoms with van der Waals surface area (Å²) in [4.78, 5) is 24.1.